The fourth-order valence-corrected chi connectivity index (χ4v) is 8.49. The van der Waals surface area contributed by atoms with E-state index in [9.17, 15) is 35.1 Å². The third-order valence-corrected chi connectivity index (χ3v) is 13.5. The molecule has 0 aliphatic rings. The first-order chi connectivity index (χ1) is 33.5. The van der Waals surface area contributed by atoms with E-state index >= 15 is 0 Å². The van der Waals surface area contributed by atoms with Gasteiger partial charge in [0.25, 0.3) is 0 Å². The molecule has 4 atom stereocenters. The van der Waals surface area contributed by atoms with Crippen molar-refractivity contribution in [3.8, 4) is 33.8 Å². The number of aromatic amines is 1. The Morgan fingerprint density at radius 1 is 0.743 bits per heavy atom. The second-order valence-corrected chi connectivity index (χ2v) is 20.9. The third kappa shape index (κ3) is 15.2. The van der Waals surface area contributed by atoms with Crippen LogP contribution >= 0.6 is 8.58 Å². The van der Waals surface area contributed by atoms with Gasteiger partial charge in [-0.25, -0.2) is 22.0 Å². The van der Waals surface area contributed by atoms with Crippen LogP contribution < -0.4 is 5.30 Å². The van der Waals surface area contributed by atoms with Crippen LogP contribution in [0.4, 0.5) is 35.1 Å². The molecule has 0 saturated carbocycles. The minimum Gasteiger partial charge on any atom is -0.365 e. The molecular formula is C54H55F8Ir2N7OPPd-3. The van der Waals surface area contributed by atoms with Gasteiger partial charge >= 0.3 is 6.18 Å². The molecule has 4 unspecified atom stereocenters. The molecule has 0 aliphatic heterocycles. The number of rotatable bonds is 12. The van der Waals surface area contributed by atoms with Crippen molar-refractivity contribution in [2.75, 3.05) is 0 Å². The zero-order valence-corrected chi connectivity index (χ0v) is 49.4. The summed E-state index contributed by atoms with van der Waals surface area (Å²) in [5, 5.41) is 13.4. The molecule has 4 aromatic carbocycles. The van der Waals surface area contributed by atoms with E-state index in [0.29, 0.717) is 43.0 Å². The number of hydrogen-bond donors (Lipinski definition) is 1. The maximum atomic E-state index is 14.3. The molecule has 4 aromatic heterocycles. The van der Waals surface area contributed by atoms with E-state index in [1.165, 1.54) is 29.6 Å². The number of H-pyrrole nitrogens is 1. The number of nitrogens with one attached hydrogen (secondary N) is 1. The summed E-state index contributed by atoms with van der Waals surface area (Å²) in [5.41, 5.74) is 0.258. The Kier molecular flexibility index (Phi) is 23.5. The minimum absolute atomic E-state index is 0. The maximum absolute atomic E-state index is 14.3. The maximum Gasteiger partial charge on any atom is 0.381 e. The largest absolute Gasteiger partial charge is 0.381 e. The third-order valence-electron chi connectivity index (χ3n) is 12.1. The molecule has 0 aliphatic carbocycles. The fourth-order valence-electron chi connectivity index (χ4n) is 7.27. The first-order valence-electron chi connectivity index (χ1n) is 23.1. The fraction of sp³-hybridized carbons (Fsp3) is 0.352. The molecule has 8 nitrogen and oxygen atoms in total. The Balaban J connectivity index is 0.000000295. The molecule has 20 heteroatoms. The average molecular weight is 1490 g/mol. The number of alkyl halides is 3. The number of halogens is 8. The molecule has 2 radical (unpaired) electrons. The average Bonchev–Trinajstić information content (AvgIpc) is 4.13. The van der Waals surface area contributed by atoms with Crippen molar-refractivity contribution in [1.82, 2.24) is 34.7 Å². The van der Waals surface area contributed by atoms with Gasteiger partial charge in [-0.1, -0.05) is 78.6 Å². The van der Waals surface area contributed by atoms with Gasteiger partial charge in [0.1, 0.15) is 11.6 Å². The molecule has 74 heavy (non-hydrogen) atoms. The SMILES string of the molecule is CC(c1nnc(-c2[c-]cc(C(F)(F)F)cc2)[nH]1)C(C)(C)C.CCC(C)c1nc(-c2[c-]ccc(-c3c(F)c(F)c(F)c(F)c3F)c2)c2ccccn12.CCCC(C)c1nc(C(C)(C)Pc2[c-]cccc2)no1.[Ir].[Ir].[Pd]. The van der Waals surface area contributed by atoms with Crippen LogP contribution in [0.2, 0.25) is 0 Å². The molecule has 0 fully saturated rings. The Morgan fingerprint density at radius 2 is 1.41 bits per heavy atom. The topological polar surface area (TPSA) is 97.8 Å². The van der Waals surface area contributed by atoms with Crippen LogP contribution in [-0.2, 0) is 72.0 Å². The van der Waals surface area contributed by atoms with Crippen molar-refractivity contribution in [1.29, 1.82) is 0 Å². The number of nitrogens with zero attached hydrogens (tertiary/aromatic N) is 6. The van der Waals surface area contributed by atoms with Gasteiger partial charge in [-0.05, 0) is 49.8 Å². The second-order valence-electron chi connectivity index (χ2n) is 18.8. The van der Waals surface area contributed by atoms with Gasteiger partial charge in [-0.3, -0.25) is 4.98 Å². The smallest absolute Gasteiger partial charge is 0.365 e. The van der Waals surface area contributed by atoms with Crippen LogP contribution in [-0.4, -0.2) is 34.7 Å². The van der Waals surface area contributed by atoms with E-state index in [1.54, 1.807) is 0 Å². The van der Waals surface area contributed by atoms with E-state index < -0.39 is 46.4 Å². The number of fused-ring (bicyclic) bond motifs is 1. The van der Waals surface area contributed by atoms with Crippen LogP contribution in [0.15, 0.2) is 89.6 Å². The second kappa shape index (κ2) is 27.1. The molecule has 0 bridgehead atoms. The number of hydrogen-bond acceptors (Lipinski definition) is 6. The summed E-state index contributed by atoms with van der Waals surface area (Å²) in [6.07, 6.45) is 0.561. The molecule has 0 amide bonds. The predicted molar refractivity (Wildman–Crippen MR) is 261 cm³/mol. The van der Waals surface area contributed by atoms with Crippen molar-refractivity contribution >= 4 is 19.4 Å². The first kappa shape index (κ1) is 64.0. The standard InChI is InChI=1S/C23H16F5N2.C16H22N2OP.C15H17F3N3.2Ir.Pd/c1-3-12(2)23-29-22(15-9-4-5-10-30(15)23)14-8-6-7-13(11-14)16-17(24)19(26)21(28)20(27)18(16)25;1-5-9-12(2)14-17-15(18-19-14)16(3,4)20-13-10-7-6-8-11-13;1-9(14(2,3)4)12-19-13(21-20-12)10-5-7-11(8-6-10)15(16,17)18;;;/h4-7,9-12H,3H2,1-2H3;6-8,10,12,20H,5,9H2,1-4H3;5,7-9H,1-4H3,(H,19,20,21);;;/q3*-1;;;. The number of aromatic nitrogens is 7. The number of pyridine rings is 1. The predicted octanol–water partition coefficient (Wildman–Crippen LogP) is 15.1. The van der Waals surface area contributed by atoms with Gasteiger partial charge in [-0.2, -0.15) is 53.6 Å². The Bertz CT molecular complexity index is 3020. The Labute approximate surface area is 469 Å². The molecule has 4 heterocycles. The molecule has 404 valence electrons. The van der Waals surface area contributed by atoms with Crippen molar-refractivity contribution in [2.24, 2.45) is 5.41 Å². The molecule has 1 N–H and O–H groups in total. The molecule has 0 saturated heterocycles. The number of benzene rings is 4. The summed E-state index contributed by atoms with van der Waals surface area (Å²) < 4.78 is 114. The zero-order chi connectivity index (χ0) is 52.0. The normalized spacial score (nSPS) is 12.9. The van der Waals surface area contributed by atoms with Gasteiger partial charge in [0.15, 0.2) is 29.1 Å². The van der Waals surface area contributed by atoms with Crippen LogP contribution in [0.3, 0.4) is 0 Å². The molecule has 8 aromatic rings. The first-order valence-corrected chi connectivity index (χ1v) is 24.1. The summed E-state index contributed by atoms with van der Waals surface area (Å²) in [5.74, 6) is -5.77. The van der Waals surface area contributed by atoms with Gasteiger partial charge in [0, 0.05) is 107 Å². The van der Waals surface area contributed by atoms with E-state index in [4.69, 9.17) is 9.51 Å². The summed E-state index contributed by atoms with van der Waals surface area (Å²) >= 11 is 0. The van der Waals surface area contributed by atoms with Crippen LogP contribution in [0.1, 0.15) is 135 Å². The van der Waals surface area contributed by atoms with Crippen molar-refractivity contribution < 1.29 is 100 Å². The van der Waals surface area contributed by atoms with Gasteiger partial charge < -0.3 is 13.9 Å². The van der Waals surface area contributed by atoms with E-state index in [0.717, 1.165) is 54.5 Å². The van der Waals surface area contributed by atoms with Crippen molar-refractivity contribution in [2.45, 2.75) is 118 Å². The van der Waals surface area contributed by atoms with E-state index in [1.807, 2.05) is 67.8 Å². The molecular weight excluding hydrogens is 1440 g/mol. The summed E-state index contributed by atoms with van der Waals surface area (Å²) in [7, 11) is 0.576. The van der Waals surface area contributed by atoms with Crippen LogP contribution in [0.5, 0.6) is 0 Å². The van der Waals surface area contributed by atoms with Gasteiger partial charge in [0.2, 0.25) is 11.7 Å². The van der Waals surface area contributed by atoms with Crippen molar-refractivity contribution in [3.05, 3.63) is 161 Å². The van der Waals surface area contributed by atoms with E-state index in [2.05, 4.69) is 98.1 Å². The van der Waals surface area contributed by atoms with Crippen LogP contribution in [0.25, 0.3) is 39.3 Å². The Morgan fingerprint density at radius 3 is 1.99 bits per heavy atom. The van der Waals surface area contributed by atoms with Crippen LogP contribution in [0, 0.1) is 52.7 Å². The quantitative estimate of drug-likeness (QED) is 0.0327. The van der Waals surface area contributed by atoms with Crippen molar-refractivity contribution in [3.63, 3.8) is 0 Å². The summed E-state index contributed by atoms with van der Waals surface area (Å²) in [6.45, 7) is 21.0. The van der Waals surface area contributed by atoms with Gasteiger partial charge in [-0.15, -0.1) is 78.6 Å². The van der Waals surface area contributed by atoms with Gasteiger partial charge in [0.05, 0.1) is 5.82 Å². The summed E-state index contributed by atoms with van der Waals surface area (Å²) in [6, 6.07) is 29.7. The number of imidazole rings is 1. The monoisotopic (exact) mass is 1490 g/mol. The zero-order valence-electron chi connectivity index (χ0n) is 42.0. The summed E-state index contributed by atoms with van der Waals surface area (Å²) in [4.78, 5) is 12.4. The van der Waals surface area contributed by atoms with E-state index in [-0.39, 0.29) is 88.6 Å². The molecule has 8 rings (SSSR count). The Hall–Kier alpha value is -4.32. The molecule has 0 spiro atoms. The minimum atomic E-state index is -4.36.